The lowest BCUT2D eigenvalue weighted by Gasteiger charge is -2.36. The number of aliphatic hydroxyl groups is 3. The summed E-state index contributed by atoms with van der Waals surface area (Å²) in [7, 11) is 0. The molecule has 0 bridgehead atoms. The third-order valence-corrected chi connectivity index (χ3v) is 5.12. The fourth-order valence-electron chi connectivity index (χ4n) is 3.50. The summed E-state index contributed by atoms with van der Waals surface area (Å²) < 4.78 is 16.8. The lowest BCUT2D eigenvalue weighted by Crippen LogP contribution is -2.51. The Bertz CT molecular complexity index is 1220. The third-order valence-electron chi connectivity index (χ3n) is 5.12. The van der Waals surface area contributed by atoms with E-state index < -0.39 is 59.6 Å². The highest BCUT2D eigenvalue weighted by atomic mass is 16.7. The highest BCUT2D eigenvalue weighted by molar-refractivity contribution is 5.88. The molecule has 11 nitrogen and oxygen atoms in total. The summed E-state index contributed by atoms with van der Waals surface area (Å²) >= 11 is 0. The molecule has 2 aromatic carbocycles. The first-order valence-corrected chi connectivity index (χ1v) is 9.53. The van der Waals surface area contributed by atoms with Gasteiger partial charge in [0.15, 0.2) is 17.3 Å². The summed E-state index contributed by atoms with van der Waals surface area (Å²) in [5.41, 5.74) is -0.932. The minimum atomic E-state index is -1.37. The molecule has 32 heavy (non-hydrogen) atoms. The van der Waals surface area contributed by atoms with E-state index in [1.54, 1.807) is 0 Å². The van der Waals surface area contributed by atoms with Crippen LogP contribution in [-0.2, 0) is 4.74 Å². The number of benzene rings is 2. The second-order valence-corrected chi connectivity index (χ2v) is 7.33. The molecule has 2 heterocycles. The van der Waals surface area contributed by atoms with Crippen molar-refractivity contribution in [3.8, 4) is 40.1 Å². The van der Waals surface area contributed by atoms with Gasteiger partial charge in [0.1, 0.15) is 34.7 Å². The first-order chi connectivity index (χ1) is 15.2. The van der Waals surface area contributed by atoms with Gasteiger partial charge in [0.25, 0.3) is 0 Å². The first kappa shape index (κ1) is 21.7. The van der Waals surface area contributed by atoms with Gasteiger partial charge in [0.2, 0.25) is 17.5 Å². The van der Waals surface area contributed by atoms with Crippen molar-refractivity contribution in [2.24, 2.45) is 0 Å². The van der Waals surface area contributed by atoms with Crippen molar-refractivity contribution in [1.82, 2.24) is 0 Å². The monoisotopic (exact) mass is 448 g/mol. The molecule has 0 radical (unpaired) electrons. The van der Waals surface area contributed by atoms with E-state index >= 15 is 0 Å². The van der Waals surface area contributed by atoms with Crippen LogP contribution in [0.5, 0.6) is 28.7 Å². The smallest absolute Gasteiger partial charge is 0.239 e. The van der Waals surface area contributed by atoms with Gasteiger partial charge in [-0.2, -0.15) is 0 Å². The van der Waals surface area contributed by atoms with E-state index in [0.29, 0.717) is 0 Å². The number of hydrogen-bond donors (Lipinski definition) is 7. The predicted molar refractivity (Wildman–Crippen MR) is 108 cm³/mol. The van der Waals surface area contributed by atoms with E-state index in [4.69, 9.17) is 13.9 Å². The summed E-state index contributed by atoms with van der Waals surface area (Å²) in [6, 6.07) is 5.62. The van der Waals surface area contributed by atoms with E-state index in [0.717, 1.165) is 24.3 Å². The normalized spacial score (nSPS) is 23.3. The zero-order valence-corrected chi connectivity index (χ0v) is 16.4. The molecule has 1 aromatic heterocycles. The minimum absolute atomic E-state index is 0.104. The van der Waals surface area contributed by atoms with Crippen LogP contribution in [0, 0.1) is 0 Å². The molecule has 1 fully saturated rings. The Balaban J connectivity index is 1.88. The van der Waals surface area contributed by atoms with Crippen molar-refractivity contribution in [1.29, 1.82) is 0 Å². The second-order valence-electron chi connectivity index (χ2n) is 7.33. The SMILES string of the molecule is O=c1c(O[C@H]2C[C@@H](O)[C@H](O)C(CO)O2)c(-c2ccc(O)c(O)c2)oc2cc(O)cc(O)c12. The lowest BCUT2D eigenvalue weighted by molar-refractivity contribution is -0.230. The van der Waals surface area contributed by atoms with Crippen molar-refractivity contribution >= 4 is 11.0 Å². The number of ether oxygens (including phenoxy) is 2. The van der Waals surface area contributed by atoms with Crippen LogP contribution in [0.15, 0.2) is 39.5 Å². The number of aliphatic hydroxyl groups excluding tert-OH is 3. The molecule has 0 spiro atoms. The topological polar surface area (TPSA) is 190 Å². The molecule has 1 saturated heterocycles. The standard InChI is InChI=1S/C21H20O11/c22-7-15-18(28)13(27)6-16(30-15)32-21-19(29)17-12(26)4-9(23)5-14(17)31-20(21)8-1-2-10(24)11(25)3-8/h1-5,13,15-16,18,22-28H,6-7H2/t13-,15?,16+,18+/m1/s1. The Kier molecular flexibility index (Phi) is 5.57. The Hall–Kier alpha value is -3.51. The predicted octanol–water partition coefficient (Wildman–Crippen LogP) is 0.490. The Morgan fingerprint density at radius 2 is 1.75 bits per heavy atom. The van der Waals surface area contributed by atoms with Crippen LogP contribution in [0.1, 0.15) is 6.42 Å². The molecule has 1 aliphatic heterocycles. The van der Waals surface area contributed by atoms with Crippen LogP contribution in [0.2, 0.25) is 0 Å². The minimum Gasteiger partial charge on any atom is -0.508 e. The van der Waals surface area contributed by atoms with Gasteiger partial charge in [-0.15, -0.1) is 0 Å². The number of fused-ring (bicyclic) bond motifs is 1. The Labute approximate surface area is 179 Å². The summed E-state index contributed by atoms with van der Waals surface area (Å²) in [5, 5.41) is 68.4. The number of phenols is 4. The van der Waals surface area contributed by atoms with Crippen LogP contribution in [0.25, 0.3) is 22.3 Å². The molecule has 0 saturated carbocycles. The molecule has 0 amide bonds. The second kappa shape index (κ2) is 8.20. The average Bonchev–Trinajstić information content (AvgIpc) is 2.73. The fraction of sp³-hybridized carbons (Fsp3) is 0.286. The van der Waals surface area contributed by atoms with Crippen molar-refractivity contribution in [3.05, 3.63) is 40.6 Å². The molecular formula is C21H20O11. The molecule has 4 rings (SSSR count). The van der Waals surface area contributed by atoms with Gasteiger partial charge in [-0.3, -0.25) is 4.79 Å². The van der Waals surface area contributed by atoms with Gasteiger partial charge >= 0.3 is 0 Å². The van der Waals surface area contributed by atoms with E-state index in [1.807, 2.05) is 0 Å². The summed E-state index contributed by atoms with van der Waals surface area (Å²) in [5.74, 6) is -2.57. The van der Waals surface area contributed by atoms with Crippen LogP contribution in [0.4, 0.5) is 0 Å². The van der Waals surface area contributed by atoms with Crippen LogP contribution >= 0.6 is 0 Å². The van der Waals surface area contributed by atoms with Crippen molar-refractivity contribution in [3.63, 3.8) is 0 Å². The zero-order chi connectivity index (χ0) is 23.2. The van der Waals surface area contributed by atoms with Gasteiger partial charge in [-0.25, -0.2) is 0 Å². The maximum atomic E-state index is 13.2. The van der Waals surface area contributed by atoms with E-state index in [1.165, 1.54) is 6.07 Å². The summed E-state index contributed by atoms with van der Waals surface area (Å²) in [4.78, 5) is 13.2. The lowest BCUT2D eigenvalue weighted by atomic mass is 10.0. The first-order valence-electron chi connectivity index (χ1n) is 9.53. The van der Waals surface area contributed by atoms with E-state index in [2.05, 4.69) is 0 Å². The molecule has 1 unspecified atom stereocenters. The fourth-order valence-corrected chi connectivity index (χ4v) is 3.50. The van der Waals surface area contributed by atoms with Gasteiger partial charge < -0.3 is 49.6 Å². The van der Waals surface area contributed by atoms with Crippen LogP contribution in [-0.4, -0.2) is 67.0 Å². The highest BCUT2D eigenvalue weighted by Gasteiger charge is 2.38. The molecule has 7 N–H and O–H groups in total. The van der Waals surface area contributed by atoms with Gasteiger partial charge in [0.05, 0.1) is 12.7 Å². The quantitative estimate of drug-likeness (QED) is 0.275. The van der Waals surface area contributed by atoms with Crippen molar-refractivity contribution < 1.29 is 49.6 Å². The van der Waals surface area contributed by atoms with Gasteiger partial charge in [-0.1, -0.05) is 0 Å². The van der Waals surface area contributed by atoms with E-state index in [-0.39, 0.29) is 34.5 Å². The maximum absolute atomic E-state index is 13.2. The molecule has 170 valence electrons. The number of aromatic hydroxyl groups is 4. The molecular weight excluding hydrogens is 428 g/mol. The molecule has 3 aromatic rings. The highest BCUT2D eigenvalue weighted by Crippen LogP contribution is 2.39. The zero-order valence-electron chi connectivity index (χ0n) is 16.4. The van der Waals surface area contributed by atoms with Gasteiger partial charge in [-0.05, 0) is 18.2 Å². The largest absolute Gasteiger partial charge is 0.508 e. The molecule has 11 heteroatoms. The van der Waals surface area contributed by atoms with E-state index in [9.17, 15) is 40.5 Å². The number of rotatable bonds is 4. The van der Waals surface area contributed by atoms with Crippen LogP contribution < -0.4 is 10.2 Å². The van der Waals surface area contributed by atoms with Gasteiger partial charge in [0, 0.05) is 24.1 Å². The van der Waals surface area contributed by atoms with Crippen molar-refractivity contribution in [2.75, 3.05) is 6.61 Å². The maximum Gasteiger partial charge on any atom is 0.239 e. The Morgan fingerprint density at radius 3 is 2.44 bits per heavy atom. The Morgan fingerprint density at radius 1 is 1.00 bits per heavy atom. The molecule has 1 aliphatic rings. The third kappa shape index (κ3) is 3.78. The summed E-state index contributed by atoms with van der Waals surface area (Å²) in [6.45, 7) is -0.622. The average molecular weight is 448 g/mol. The van der Waals surface area contributed by atoms with Crippen molar-refractivity contribution in [2.45, 2.75) is 31.0 Å². The molecule has 4 atom stereocenters. The number of hydrogen-bond acceptors (Lipinski definition) is 11. The van der Waals surface area contributed by atoms with Crippen LogP contribution in [0.3, 0.4) is 0 Å². The molecule has 0 aliphatic carbocycles. The number of phenolic OH excluding ortho intramolecular Hbond substituents is 4. The summed E-state index contributed by atoms with van der Waals surface area (Å²) in [6.07, 6.45) is -5.40.